The maximum atomic E-state index is 13.4. The molecule has 5 nitrogen and oxygen atoms in total. The minimum absolute atomic E-state index is 0.146. The van der Waals surface area contributed by atoms with E-state index in [0.717, 1.165) is 24.0 Å². The fourth-order valence-corrected chi connectivity index (χ4v) is 5.16. The van der Waals surface area contributed by atoms with Crippen LogP contribution in [0.2, 0.25) is 0 Å². The maximum absolute atomic E-state index is 13.4. The standard InChI is InChI=1S/C22H28N2O3S/c1-17-9-8-14-23(15-17)22(25)16-24(21-13-7-10-18(2)19(21)3)28(26,27)20-11-5-4-6-12-20/h4-7,10-13,17H,8-9,14-16H2,1-3H3/t17-/m1/s1. The van der Waals surface area contributed by atoms with Crippen LogP contribution in [0.25, 0.3) is 0 Å². The van der Waals surface area contributed by atoms with Crippen LogP contribution in [0.5, 0.6) is 0 Å². The van der Waals surface area contributed by atoms with Gasteiger partial charge in [-0.3, -0.25) is 9.10 Å². The number of piperidine rings is 1. The van der Waals surface area contributed by atoms with Gasteiger partial charge in [0.2, 0.25) is 5.91 Å². The van der Waals surface area contributed by atoms with Crippen molar-refractivity contribution in [2.75, 3.05) is 23.9 Å². The van der Waals surface area contributed by atoms with Gasteiger partial charge in [0, 0.05) is 13.1 Å². The van der Waals surface area contributed by atoms with Gasteiger partial charge in [-0.15, -0.1) is 0 Å². The average molecular weight is 401 g/mol. The van der Waals surface area contributed by atoms with E-state index in [-0.39, 0.29) is 17.3 Å². The third kappa shape index (κ3) is 4.22. The van der Waals surface area contributed by atoms with Gasteiger partial charge in [-0.1, -0.05) is 37.3 Å². The number of rotatable bonds is 5. The van der Waals surface area contributed by atoms with Crippen LogP contribution in [0.15, 0.2) is 53.4 Å². The predicted molar refractivity (Wildman–Crippen MR) is 112 cm³/mol. The van der Waals surface area contributed by atoms with Crippen LogP contribution in [-0.4, -0.2) is 38.9 Å². The van der Waals surface area contributed by atoms with Crippen molar-refractivity contribution in [3.63, 3.8) is 0 Å². The summed E-state index contributed by atoms with van der Waals surface area (Å²) in [5, 5.41) is 0. The van der Waals surface area contributed by atoms with E-state index < -0.39 is 10.0 Å². The monoisotopic (exact) mass is 400 g/mol. The Morgan fingerprint density at radius 3 is 2.50 bits per heavy atom. The molecule has 1 aliphatic rings. The zero-order chi connectivity index (χ0) is 20.3. The number of hydrogen-bond acceptors (Lipinski definition) is 3. The molecule has 28 heavy (non-hydrogen) atoms. The molecule has 1 atom stereocenters. The van der Waals surface area contributed by atoms with Crippen LogP contribution in [0.4, 0.5) is 5.69 Å². The molecule has 0 N–H and O–H groups in total. The number of hydrogen-bond donors (Lipinski definition) is 0. The highest BCUT2D eigenvalue weighted by Gasteiger charge is 2.31. The van der Waals surface area contributed by atoms with Gasteiger partial charge in [0.05, 0.1) is 10.6 Å². The molecule has 1 aliphatic heterocycles. The Morgan fingerprint density at radius 2 is 1.82 bits per heavy atom. The minimum atomic E-state index is -3.85. The highest BCUT2D eigenvalue weighted by Crippen LogP contribution is 2.29. The summed E-state index contributed by atoms with van der Waals surface area (Å²) >= 11 is 0. The Hall–Kier alpha value is -2.34. The van der Waals surface area contributed by atoms with Crippen molar-refractivity contribution >= 4 is 21.6 Å². The quantitative estimate of drug-likeness (QED) is 0.768. The number of amides is 1. The topological polar surface area (TPSA) is 57.7 Å². The van der Waals surface area contributed by atoms with Crippen molar-refractivity contribution < 1.29 is 13.2 Å². The molecule has 0 spiro atoms. The van der Waals surface area contributed by atoms with Crippen molar-refractivity contribution in [3.8, 4) is 0 Å². The lowest BCUT2D eigenvalue weighted by Gasteiger charge is -2.33. The van der Waals surface area contributed by atoms with Gasteiger partial charge in [0.25, 0.3) is 10.0 Å². The first-order valence-electron chi connectivity index (χ1n) is 9.72. The number of nitrogens with zero attached hydrogens (tertiary/aromatic N) is 2. The van der Waals surface area contributed by atoms with Gasteiger partial charge in [0.15, 0.2) is 0 Å². The van der Waals surface area contributed by atoms with Crippen LogP contribution in [0.3, 0.4) is 0 Å². The van der Waals surface area contributed by atoms with E-state index in [0.29, 0.717) is 24.7 Å². The first-order valence-corrected chi connectivity index (χ1v) is 11.2. The Bertz CT molecular complexity index is 942. The maximum Gasteiger partial charge on any atom is 0.264 e. The highest BCUT2D eigenvalue weighted by molar-refractivity contribution is 7.92. The molecule has 2 aromatic rings. The molecule has 3 rings (SSSR count). The summed E-state index contributed by atoms with van der Waals surface area (Å²) in [5.41, 5.74) is 2.41. The molecular weight excluding hydrogens is 372 g/mol. The van der Waals surface area contributed by atoms with Crippen LogP contribution in [-0.2, 0) is 14.8 Å². The number of sulfonamides is 1. The van der Waals surface area contributed by atoms with E-state index in [4.69, 9.17) is 0 Å². The van der Waals surface area contributed by atoms with Crippen molar-refractivity contribution in [2.24, 2.45) is 5.92 Å². The largest absolute Gasteiger partial charge is 0.341 e. The third-order valence-corrected chi connectivity index (χ3v) is 7.24. The first kappa shape index (κ1) is 20.4. The summed E-state index contributed by atoms with van der Waals surface area (Å²) in [5.74, 6) is 0.296. The molecule has 0 aliphatic carbocycles. The molecule has 1 heterocycles. The second-order valence-electron chi connectivity index (χ2n) is 7.63. The lowest BCUT2D eigenvalue weighted by molar-refractivity contribution is -0.131. The van der Waals surface area contributed by atoms with Crippen LogP contribution < -0.4 is 4.31 Å². The molecule has 0 bridgehead atoms. The molecule has 0 saturated carbocycles. The lowest BCUT2D eigenvalue weighted by atomic mass is 10.0. The summed E-state index contributed by atoms with van der Waals surface area (Å²) < 4.78 is 28.1. The smallest absolute Gasteiger partial charge is 0.264 e. The summed E-state index contributed by atoms with van der Waals surface area (Å²) in [6.45, 7) is 7.16. The Kier molecular flexibility index (Phi) is 6.08. The summed E-state index contributed by atoms with van der Waals surface area (Å²) in [7, 11) is -3.85. The van der Waals surface area contributed by atoms with E-state index >= 15 is 0 Å². The van der Waals surface area contributed by atoms with Gasteiger partial charge in [-0.25, -0.2) is 8.42 Å². The van der Waals surface area contributed by atoms with E-state index in [1.165, 1.54) is 4.31 Å². The fourth-order valence-electron chi connectivity index (χ4n) is 3.66. The number of benzene rings is 2. The SMILES string of the molecule is Cc1cccc(N(CC(=O)N2CCC[C@@H](C)C2)S(=O)(=O)c2ccccc2)c1C. The van der Waals surface area contributed by atoms with Crippen molar-refractivity contribution in [1.29, 1.82) is 0 Å². The third-order valence-electron chi connectivity index (χ3n) is 5.46. The average Bonchev–Trinajstić information content (AvgIpc) is 2.69. The van der Waals surface area contributed by atoms with E-state index in [2.05, 4.69) is 6.92 Å². The van der Waals surface area contributed by atoms with E-state index in [1.54, 1.807) is 41.3 Å². The van der Waals surface area contributed by atoms with Gasteiger partial charge in [-0.05, 0) is 61.9 Å². The lowest BCUT2D eigenvalue weighted by Crippen LogP contribution is -2.46. The second kappa shape index (κ2) is 8.35. The van der Waals surface area contributed by atoms with E-state index in [1.807, 2.05) is 26.0 Å². The number of anilines is 1. The van der Waals surface area contributed by atoms with Gasteiger partial charge < -0.3 is 4.90 Å². The molecule has 1 fully saturated rings. The zero-order valence-corrected chi connectivity index (χ0v) is 17.6. The predicted octanol–water partition coefficient (Wildman–Crippen LogP) is 3.76. The fraction of sp³-hybridized carbons (Fsp3) is 0.409. The summed E-state index contributed by atoms with van der Waals surface area (Å²) in [4.78, 5) is 15.0. The summed E-state index contributed by atoms with van der Waals surface area (Å²) in [6.07, 6.45) is 2.06. The number of carbonyl (C=O) groups excluding carboxylic acids is 1. The molecule has 1 saturated heterocycles. The molecule has 0 unspecified atom stereocenters. The molecule has 2 aromatic carbocycles. The normalized spacial score (nSPS) is 17.4. The van der Waals surface area contributed by atoms with Gasteiger partial charge in [-0.2, -0.15) is 0 Å². The van der Waals surface area contributed by atoms with Gasteiger partial charge >= 0.3 is 0 Å². The number of aryl methyl sites for hydroxylation is 1. The van der Waals surface area contributed by atoms with Crippen LogP contribution in [0, 0.1) is 19.8 Å². The summed E-state index contributed by atoms with van der Waals surface area (Å²) in [6, 6.07) is 13.9. The highest BCUT2D eigenvalue weighted by atomic mass is 32.2. The first-order chi connectivity index (χ1) is 13.3. The van der Waals surface area contributed by atoms with E-state index in [9.17, 15) is 13.2 Å². The van der Waals surface area contributed by atoms with Gasteiger partial charge in [0.1, 0.15) is 6.54 Å². The second-order valence-corrected chi connectivity index (χ2v) is 9.49. The molecular formula is C22H28N2O3S. The molecule has 0 radical (unpaired) electrons. The Balaban J connectivity index is 2.00. The minimum Gasteiger partial charge on any atom is -0.341 e. The van der Waals surface area contributed by atoms with Crippen molar-refractivity contribution in [1.82, 2.24) is 4.90 Å². The molecule has 150 valence electrons. The van der Waals surface area contributed by atoms with Crippen LogP contribution in [0.1, 0.15) is 30.9 Å². The van der Waals surface area contributed by atoms with Crippen LogP contribution >= 0.6 is 0 Å². The van der Waals surface area contributed by atoms with Crippen molar-refractivity contribution in [3.05, 3.63) is 59.7 Å². The zero-order valence-electron chi connectivity index (χ0n) is 16.8. The number of likely N-dealkylation sites (tertiary alicyclic amines) is 1. The molecule has 1 amide bonds. The molecule has 6 heteroatoms. The van der Waals surface area contributed by atoms with Crippen molar-refractivity contribution in [2.45, 2.75) is 38.5 Å². The Morgan fingerprint density at radius 1 is 1.11 bits per heavy atom. The molecule has 0 aromatic heterocycles. The number of carbonyl (C=O) groups is 1. The Labute approximate surface area is 168 Å².